The van der Waals surface area contributed by atoms with Crippen molar-refractivity contribution in [1.82, 2.24) is 19.4 Å². The van der Waals surface area contributed by atoms with Crippen molar-refractivity contribution in [3.63, 3.8) is 0 Å². The van der Waals surface area contributed by atoms with E-state index in [4.69, 9.17) is 0 Å². The zero-order chi connectivity index (χ0) is 24.7. The molecule has 4 amide bonds. The Hall–Kier alpha value is -2.79. The van der Waals surface area contributed by atoms with E-state index in [9.17, 15) is 27.6 Å². The number of benzene rings is 1. The summed E-state index contributed by atoms with van der Waals surface area (Å²) in [4.78, 5) is 52.7. The molecule has 11 heteroatoms. The number of hydrogen-bond donors (Lipinski definition) is 1. The van der Waals surface area contributed by atoms with Crippen molar-refractivity contribution in [3.05, 3.63) is 29.8 Å². The molecule has 4 rings (SSSR count). The van der Waals surface area contributed by atoms with Gasteiger partial charge in [-0.1, -0.05) is 31.9 Å². The zero-order valence-electron chi connectivity index (χ0n) is 19.5. The second-order valence-electron chi connectivity index (χ2n) is 9.31. The number of hydrogen-bond acceptors (Lipinski definition) is 6. The van der Waals surface area contributed by atoms with Gasteiger partial charge in [0.05, 0.1) is 4.90 Å². The SMILES string of the molecule is CC(=O)c1cccc(S(=O)(=O)N2CCN(C(=O)CN3C(=O)N[C@]4(CCCC[C@H]4C)C3=O)CC2)c1. The van der Waals surface area contributed by atoms with Gasteiger partial charge in [-0.3, -0.25) is 19.3 Å². The van der Waals surface area contributed by atoms with Crippen LogP contribution < -0.4 is 5.32 Å². The van der Waals surface area contributed by atoms with Crippen molar-refractivity contribution in [3.8, 4) is 0 Å². The molecule has 1 aromatic carbocycles. The molecular weight excluding hydrogens is 460 g/mol. The molecule has 0 unspecified atom stereocenters. The number of urea groups is 1. The van der Waals surface area contributed by atoms with E-state index in [0.29, 0.717) is 12.0 Å². The molecule has 2 saturated heterocycles. The highest BCUT2D eigenvalue weighted by Gasteiger charge is 2.55. The van der Waals surface area contributed by atoms with Gasteiger partial charge < -0.3 is 10.2 Å². The summed E-state index contributed by atoms with van der Waals surface area (Å²) < 4.78 is 27.3. The largest absolute Gasteiger partial charge is 0.338 e. The minimum Gasteiger partial charge on any atom is -0.338 e. The Morgan fingerprint density at radius 1 is 1.12 bits per heavy atom. The highest BCUT2D eigenvalue weighted by molar-refractivity contribution is 7.89. The fraction of sp³-hybridized carbons (Fsp3) is 0.565. The van der Waals surface area contributed by atoms with Gasteiger partial charge in [-0.2, -0.15) is 4.31 Å². The molecule has 3 fully saturated rings. The summed E-state index contributed by atoms with van der Waals surface area (Å²) in [5.41, 5.74) is -0.606. The average Bonchev–Trinajstić information content (AvgIpc) is 3.06. The minimum absolute atomic E-state index is 0.00746. The third kappa shape index (κ3) is 4.22. The number of Topliss-reactive ketones (excluding diaryl/α,β-unsaturated/α-hetero) is 1. The molecular formula is C23H30N4O6S. The van der Waals surface area contributed by atoms with Gasteiger partial charge >= 0.3 is 6.03 Å². The number of amides is 4. The van der Waals surface area contributed by atoms with E-state index in [1.807, 2.05) is 6.92 Å². The third-order valence-electron chi connectivity index (χ3n) is 7.26. The molecule has 0 bridgehead atoms. The average molecular weight is 491 g/mol. The van der Waals surface area contributed by atoms with Crippen molar-refractivity contribution < 1.29 is 27.6 Å². The number of carbonyl (C=O) groups excluding carboxylic acids is 4. The zero-order valence-corrected chi connectivity index (χ0v) is 20.3. The van der Waals surface area contributed by atoms with Gasteiger partial charge in [0, 0.05) is 31.7 Å². The Morgan fingerprint density at radius 2 is 1.82 bits per heavy atom. The topological polar surface area (TPSA) is 124 Å². The molecule has 0 aromatic heterocycles. The maximum atomic E-state index is 13.1. The summed E-state index contributed by atoms with van der Waals surface area (Å²) in [7, 11) is -3.82. The maximum absolute atomic E-state index is 13.1. The number of imide groups is 1. The summed E-state index contributed by atoms with van der Waals surface area (Å²) in [6.07, 6.45) is 3.28. The Bertz CT molecular complexity index is 1130. The highest BCUT2D eigenvalue weighted by atomic mass is 32.2. The first-order valence-corrected chi connectivity index (χ1v) is 13.0. The van der Waals surface area contributed by atoms with Crippen LogP contribution in [0.1, 0.15) is 49.9 Å². The number of ketones is 1. The molecule has 1 saturated carbocycles. The van der Waals surface area contributed by atoms with Gasteiger partial charge in [-0.05, 0) is 37.8 Å². The summed E-state index contributed by atoms with van der Waals surface area (Å²) in [5.74, 6) is -0.949. The van der Waals surface area contributed by atoms with Crippen LogP contribution in [0.15, 0.2) is 29.2 Å². The molecule has 1 aromatic rings. The lowest BCUT2D eigenvalue weighted by atomic mass is 9.73. The first-order chi connectivity index (χ1) is 16.1. The summed E-state index contributed by atoms with van der Waals surface area (Å²) in [6.45, 7) is 3.43. The van der Waals surface area contributed by atoms with E-state index in [1.54, 1.807) is 6.07 Å². The van der Waals surface area contributed by atoms with Crippen molar-refractivity contribution >= 4 is 33.7 Å². The first-order valence-electron chi connectivity index (χ1n) is 11.6. The number of piperazine rings is 1. The van der Waals surface area contributed by atoms with Crippen LogP contribution in [-0.2, 0) is 19.6 Å². The lowest BCUT2D eigenvalue weighted by molar-refractivity contribution is -0.141. The quantitative estimate of drug-likeness (QED) is 0.489. The van der Waals surface area contributed by atoms with E-state index < -0.39 is 21.6 Å². The van der Waals surface area contributed by atoms with E-state index in [-0.39, 0.29) is 61.1 Å². The first kappa shape index (κ1) is 24.3. The van der Waals surface area contributed by atoms with Gasteiger partial charge in [0.15, 0.2) is 5.78 Å². The van der Waals surface area contributed by atoms with Gasteiger partial charge in [-0.15, -0.1) is 0 Å². The van der Waals surface area contributed by atoms with Crippen molar-refractivity contribution in [2.75, 3.05) is 32.7 Å². The summed E-state index contributed by atoms with van der Waals surface area (Å²) >= 11 is 0. The van der Waals surface area contributed by atoms with E-state index >= 15 is 0 Å². The van der Waals surface area contributed by atoms with Crippen LogP contribution in [0.2, 0.25) is 0 Å². The number of nitrogens with one attached hydrogen (secondary N) is 1. The van der Waals surface area contributed by atoms with Gasteiger partial charge in [0.2, 0.25) is 15.9 Å². The van der Waals surface area contributed by atoms with Crippen LogP contribution in [0, 0.1) is 5.92 Å². The van der Waals surface area contributed by atoms with Crippen LogP contribution in [0.5, 0.6) is 0 Å². The molecule has 2 heterocycles. The number of rotatable bonds is 5. The molecule has 3 aliphatic rings. The lowest BCUT2D eigenvalue weighted by Crippen LogP contribution is -2.55. The Labute approximate surface area is 199 Å². The van der Waals surface area contributed by atoms with Crippen LogP contribution in [-0.4, -0.2) is 84.4 Å². The van der Waals surface area contributed by atoms with Crippen LogP contribution in [0.25, 0.3) is 0 Å². The van der Waals surface area contributed by atoms with Gasteiger partial charge in [0.1, 0.15) is 12.1 Å². The monoisotopic (exact) mass is 490 g/mol. The maximum Gasteiger partial charge on any atom is 0.325 e. The summed E-state index contributed by atoms with van der Waals surface area (Å²) in [6, 6.07) is 5.35. The molecule has 1 spiro atoms. The normalized spacial score (nSPS) is 26.1. The number of nitrogens with zero attached hydrogens (tertiary/aromatic N) is 3. The van der Waals surface area contributed by atoms with Crippen LogP contribution in [0.3, 0.4) is 0 Å². The number of sulfonamides is 1. The molecule has 1 aliphatic carbocycles. The Kier molecular flexibility index (Phi) is 6.52. The molecule has 2 aliphatic heterocycles. The Balaban J connectivity index is 1.38. The minimum atomic E-state index is -3.82. The fourth-order valence-corrected chi connectivity index (χ4v) is 6.55. The fourth-order valence-electron chi connectivity index (χ4n) is 5.08. The second kappa shape index (κ2) is 9.10. The van der Waals surface area contributed by atoms with Crippen LogP contribution in [0.4, 0.5) is 4.79 Å². The van der Waals surface area contributed by atoms with Crippen molar-refractivity contribution in [1.29, 1.82) is 0 Å². The van der Waals surface area contributed by atoms with Gasteiger partial charge in [0.25, 0.3) is 5.91 Å². The molecule has 1 N–H and O–H groups in total. The van der Waals surface area contributed by atoms with E-state index in [2.05, 4.69) is 5.32 Å². The van der Waals surface area contributed by atoms with Gasteiger partial charge in [-0.25, -0.2) is 13.2 Å². The smallest absolute Gasteiger partial charge is 0.325 e. The lowest BCUT2D eigenvalue weighted by Gasteiger charge is -2.37. The molecule has 184 valence electrons. The standard InChI is InChI=1S/C23H30N4O6S/c1-16-6-3-4-9-23(16)21(30)27(22(31)24-23)15-20(29)25-10-12-26(13-11-25)34(32,33)19-8-5-7-18(14-19)17(2)28/h5,7-8,14,16H,3-4,6,9-13,15H2,1-2H3,(H,24,31)/t16-,23+/m1/s1. The molecule has 10 nitrogen and oxygen atoms in total. The third-order valence-corrected chi connectivity index (χ3v) is 9.16. The van der Waals surface area contributed by atoms with Crippen molar-refractivity contribution in [2.24, 2.45) is 5.92 Å². The number of carbonyl (C=O) groups is 4. The molecule has 34 heavy (non-hydrogen) atoms. The molecule has 0 radical (unpaired) electrons. The van der Waals surface area contributed by atoms with E-state index in [0.717, 1.165) is 24.2 Å². The highest BCUT2D eigenvalue weighted by Crippen LogP contribution is 2.38. The summed E-state index contributed by atoms with van der Waals surface area (Å²) in [5, 5.41) is 2.84. The predicted molar refractivity (Wildman–Crippen MR) is 122 cm³/mol. The van der Waals surface area contributed by atoms with Crippen molar-refractivity contribution in [2.45, 2.75) is 50.0 Å². The van der Waals surface area contributed by atoms with E-state index in [1.165, 1.54) is 34.3 Å². The Morgan fingerprint density at radius 3 is 2.47 bits per heavy atom. The molecule has 2 atom stereocenters. The van der Waals surface area contributed by atoms with Crippen LogP contribution >= 0.6 is 0 Å². The predicted octanol–water partition coefficient (Wildman–Crippen LogP) is 1.22. The second-order valence-corrected chi connectivity index (χ2v) is 11.2.